The van der Waals surface area contributed by atoms with E-state index < -0.39 is 0 Å². The van der Waals surface area contributed by atoms with Crippen LogP contribution in [0, 0.1) is 0 Å². The highest BCUT2D eigenvalue weighted by atomic mass is 79.9. The Morgan fingerprint density at radius 1 is 1.50 bits per heavy atom. The fourth-order valence-corrected chi connectivity index (χ4v) is 1.83. The normalized spacial score (nSPS) is 18.4. The third-order valence-electron chi connectivity index (χ3n) is 2.16. The highest BCUT2D eigenvalue weighted by Gasteiger charge is 2.17. The van der Waals surface area contributed by atoms with Crippen LogP contribution in [0.5, 0.6) is 5.75 Å². The van der Waals surface area contributed by atoms with Gasteiger partial charge in [-0.05, 0) is 41.6 Å². The van der Waals surface area contributed by atoms with Gasteiger partial charge >= 0.3 is 0 Å². The molecule has 0 unspecified atom stereocenters. The Hall–Kier alpha value is -0.510. The van der Waals surface area contributed by atoms with E-state index >= 15 is 0 Å². The predicted molar refractivity (Wildman–Crippen MR) is 49.2 cm³/mol. The van der Waals surface area contributed by atoms with E-state index in [1.54, 1.807) is 6.20 Å². The van der Waals surface area contributed by atoms with Gasteiger partial charge in [0.1, 0.15) is 4.60 Å². The molecule has 0 spiro atoms. The minimum Gasteiger partial charge on any atom is -0.486 e. The lowest BCUT2D eigenvalue weighted by molar-refractivity contribution is 0.208. The highest BCUT2D eigenvalue weighted by Crippen LogP contribution is 2.27. The SMILES string of the molecule is Brc1[nH]ncc1OC1CCCC1. The van der Waals surface area contributed by atoms with E-state index in [0.717, 1.165) is 10.4 Å². The minimum absolute atomic E-state index is 0.402. The van der Waals surface area contributed by atoms with Crippen molar-refractivity contribution in [1.29, 1.82) is 0 Å². The third-order valence-corrected chi connectivity index (χ3v) is 2.72. The van der Waals surface area contributed by atoms with Crippen molar-refractivity contribution in [2.24, 2.45) is 0 Å². The van der Waals surface area contributed by atoms with Crippen molar-refractivity contribution in [3.8, 4) is 5.75 Å². The van der Waals surface area contributed by atoms with E-state index in [-0.39, 0.29) is 0 Å². The molecule has 1 aromatic rings. The van der Waals surface area contributed by atoms with E-state index in [2.05, 4.69) is 26.1 Å². The number of aromatic nitrogens is 2. The summed E-state index contributed by atoms with van der Waals surface area (Å²) < 4.78 is 6.55. The summed E-state index contributed by atoms with van der Waals surface area (Å²) in [6.07, 6.45) is 7.05. The van der Waals surface area contributed by atoms with Crippen molar-refractivity contribution >= 4 is 15.9 Å². The Labute approximate surface area is 79.6 Å². The molecule has 3 nitrogen and oxygen atoms in total. The molecule has 0 atom stereocenters. The molecular weight excluding hydrogens is 220 g/mol. The maximum Gasteiger partial charge on any atom is 0.171 e. The minimum atomic E-state index is 0.402. The van der Waals surface area contributed by atoms with Crippen molar-refractivity contribution in [3.05, 3.63) is 10.8 Å². The molecule has 66 valence electrons. The van der Waals surface area contributed by atoms with Gasteiger partial charge in [0.05, 0.1) is 12.3 Å². The molecule has 0 aliphatic heterocycles. The summed E-state index contributed by atoms with van der Waals surface area (Å²) in [6, 6.07) is 0. The van der Waals surface area contributed by atoms with Gasteiger partial charge in [0.2, 0.25) is 0 Å². The van der Waals surface area contributed by atoms with Crippen LogP contribution in [-0.4, -0.2) is 16.3 Å². The van der Waals surface area contributed by atoms with Crippen molar-refractivity contribution < 1.29 is 4.74 Å². The lowest BCUT2D eigenvalue weighted by Crippen LogP contribution is -2.10. The summed E-state index contributed by atoms with van der Waals surface area (Å²) in [7, 11) is 0. The van der Waals surface area contributed by atoms with Gasteiger partial charge in [-0.3, -0.25) is 5.10 Å². The average Bonchev–Trinajstić information content (AvgIpc) is 2.65. The quantitative estimate of drug-likeness (QED) is 0.848. The summed E-state index contributed by atoms with van der Waals surface area (Å²) in [5.74, 6) is 0.835. The molecule has 12 heavy (non-hydrogen) atoms. The van der Waals surface area contributed by atoms with Crippen LogP contribution in [0.15, 0.2) is 10.8 Å². The molecule has 4 heteroatoms. The maximum atomic E-state index is 5.71. The molecule has 1 aliphatic carbocycles. The van der Waals surface area contributed by atoms with Crippen LogP contribution in [0.1, 0.15) is 25.7 Å². The molecule has 0 amide bonds. The predicted octanol–water partition coefficient (Wildman–Crippen LogP) is 2.49. The highest BCUT2D eigenvalue weighted by molar-refractivity contribution is 9.10. The first-order chi connectivity index (χ1) is 5.86. The van der Waals surface area contributed by atoms with Gasteiger partial charge in [-0.25, -0.2) is 0 Å². The number of hydrogen-bond donors (Lipinski definition) is 1. The molecule has 0 radical (unpaired) electrons. The number of nitrogens with one attached hydrogen (secondary N) is 1. The van der Waals surface area contributed by atoms with Gasteiger partial charge < -0.3 is 4.74 Å². The Balaban J connectivity index is 1.98. The van der Waals surface area contributed by atoms with Gasteiger partial charge in [0.25, 0.3) is 0 Å². The Morgan fingerprint density at radius 3 is 2.83 bits per heavy atom. The summed E-state index contributed by atoms with van der Waals surface area (Å²) in [4.78, 5) is 0. The van der Waals surface area contributed by atoms with Crippen LogP contribution >= 0.6 is 15.9 Å². The number of nitrogens with zero attached hydrogens (tertiary/aromatic N) is 1. The summed E-state index contributed by atoms with van der Waals surface area (Å²) >= 11 is 3.33. The van der Waals surface area contributed by atoms with Crippen molar-refractivity contribution in [2.45, 2.75) is 31.8 Å². The largest absolute Gasteiger partial charge is 0.486 e. The van der Waals surface area contributed by atoms with Crippen molar-refractivity contribution in [3.63, 3.8) is 0 Å². The summed E-state index contributed by atoms with van der Waals surface area (Å²) in [5.41, 5.74) is 0. The molecule has 1 aromatic heterocycles. The maximum absolute atomic E-state index is 5.71. The molecule has 1 aliphatic rings. The molecule has 1 saturated carbocycles. The van der Waals surface area contributed by atoms with Crippen molar-refractivity contribution in [1.82, 2.24) is 10.2 Å². The van der Waals surface area contributed by atoms with E-state index in [1.165, 1.54) is 25.7 Å². The standard InChI is InChI=1S/C8H11BrN2O/c9-8-7(5-10-11-8)12-6-3-1-2-4-6/h5-6H,1-4H2,(H,10,11). The number of H-pyrrole nitrogens is 1. The smallest absolute Gasteiger partial charge is 0.171 e. The lowest BCUT2D eigenvalue weighted by atomic mass is 10.3. The molecular formula is C8H11BrN2O. The summed E-state index contributed by atoms with van der Waals surface area (Å²) in [6.45, 7) is 0. The van der Waals surface area contributed by atoms with Crippen molar-refractivity contribution in [2.75, 3.05) is 0 Å². The van der Waals surface area contributed by atoms with Crippen LogP contribution < -0.4 is 4.74 Å². The van der Waals surface area contributed by atoms with Crippen LogP contribution in [0.3, 0.4) is 0 Å². The number of ether oxygens (including phenoxy) is 1. The van der Waals surface area contributed by atoms with Crippen LogP contribution in [0.2, 0.25) is 0 Å². The van der Waals surface area contributed by atoms with Crippen LogP contribution in [0.4, 0.5) is 0 Å². The van der Waals surface area contributed by atoms with E-state index in [4.69, 9.17) is 4.74 Å². The first kappa shape index (κ1) is 8.10. The zero-order valence-electron chi connectivity index (χ0n) is 6.72. The molecule has 1 heterocycles. The summed E-state index contributed by atoms with van der Waals surface area (Å²) in [5, 5.41) is 6.65. The molecule has 2 rings (SSSR count). The van der Waals surface area contributed by atoms with E-state index in [9.17, 15) is 0 Å². The van der Waals surface area contributed by atoms with E-state index in [1.807, 2.05) is 0 Å². The molecule has 0 aromatic carbocycles. The second-order valence-electron chi connectivity index (χ2n) is 3.07. The molecule has 0 bridgehead atoms. The van der Waals surface area contributed by atoms with Gasteiger partial charge in [-0.1, -0.05) is 0 Å². The monoisotopic (exact) mass is 230 g/mol. The molecule has 1 N–H and O–H groups in total. The first-order valence-electron chi connectivity index (χ1n) is 4.22. The number of halogens is 1. The zero-order valence-corrected chi connectivity index (χ0v) is 8.30. The third kappa shape index (κ3) is 1.63. The average molecular weight is 231 g/mol. The Bertz CT molecular complexity index is 255. The first-order valence-corrected chi connectivity index (χ1v) is 5.01. The number of hydrogen-bond acceptors (Lipinski definition) is 2. The Kier molecular flexibility index (Phi) is 2.35. The second kappa shape index (κ2) is 3.47. The van der Waals surface area contributed by atoms with Gasteiger partial charge in [0.15, 0.2) is 5.75 Å². The van der Waals surface area contributed by atoms with Gasteiger partial charge in [-0.2, -0.15) is 5.10 Å². The molecule has 0 saturated heterocycles. The lowest BCUT2D eigenvalue weighted by Gasteiger charge is -2.10. The van der Waals surface area contributed by atoms with E-state index in [0.29, 0.717) is 6.10 Å². The van der Waals surface area contributed by atoms with Crippen LogP contribution in [-0.2, 0) is 0 Å². The Morgan fingerprint density at radius 2 is 2.25 bits per heavy atom. The number of aromatic amines is 1. The fraction of sp³-hybridized carbons (Fsp3) is 0.625. The number of rotatable bonds is 2. The van der Waals surface area contributed by atoms with Gasteiger partial charge in [0, 0.05) is 0 Å². The topological polar surface area (TPSA) is 37.9 Å². The fourth-order valence-electron chi connectivity index (χ4n) is 1.53. The second-order valence-corrected chi connectivity index (χ2v) is 3.87. The van der Waals surface area contributed by atoms with Crippen LogP contribution in [0.25, 0.3) is 0 Å². The zero-order chi connectivity index (χ0) is 8.39. The molecule has 1 fully saturated rings. The van der Waals surface area contributed by atoms with Gasteiger partial charge in [-0.15, -0.1) is 0 Å².